The van der Waals surface area contributed by atoms with E-state index in [1.165, 1.54) is 12.8 Å². The zero-order valence-corrected chi connectivity index (χ0v) is 12.9. The molecule has 0 bridgehead atoms. The zero-order chi connectivity index (χ0) is 14.7. The first-order valence-electron chi connectivity index (χ1n) is 7.61. The molecule has 5 heteroatoms. The molecule has 114 valence electrons. The largest absolute Gasteiger partial charge is 0.377 e. The fourth-order valence-corrected chi connectivity index (χ4v) is 3.11. The minimum absolute atomic E-state index is 0.100. The number of hydrogen-bond acceptors (Lipinski definition) is 3. The summed E-state index contributed by atoms with van der Waals surface area (Å²) in [5.74, 6) is 0.100. The Balaban J connectivity index is 1.50. The van der Waals surface area contributed by atoms with E-state index >= 15 is 0 Å². The van der Waals surface area contributed by atoms with Crippen molar-refractivity contribution in [2.24, 2.45) is 0 Å². The molecule has 1 unspecified atom stereocenters. The van der Waals surface area contributed by atoms with Crippen LogP contribution in [0.4, 0.5) is 0 Å². The van der Waals surface area contributed by atoms with E-state index in [2.05, 4.69) is 4.90 Å². The van der Waals surface area contributed by atoms with Crippen LogP contribution in [0.3, 0.4) is 0 Å². The molecule has 1 atom stereocenters. The molecule has 1 amide bonds. The first kappa shape index (κ1) is 14.8. The molecule has 0 radical (unpaired) electrons. The molecule has 0 aliphatic carbocycles. The van der Waals surface area contributed by atoms with Gasteiger partial charge in [0.1, 0.15) is 0 Å². The lowest BCUT2D eigenvalue weighted by molar-refractivity contribution is 0.0433. The van der Waals surface area contributed by atoms with Crippen LogP contribution in [0.2, 0.25) is 5.02 Å². The van der Waals surface area contributed by atoms with Crippen LogP contribution in [0.15, 0.2) is 24.3 Å². The molecule has 3 rings (SSSR count). The number of amides is 1. The van der Waals surface area contributed by atoms with Crippen molar-refractivity contribution in [3.63, 3.8) is 0 Å². The number of benzene rings is 1. The van der Waals surface area contributed by atoms with E-state index in [1.807, 2.05) is 4.90 Å². The molecule has 4 nitrogen and oxygen atoms in total. The van der Waals surface area contributed by atoms with Gasteiger partial charge >= 0.3 is 0 Å². The van der Waals surface area contributed by atoms with Gasteiger partial charge in [-0.05, 0) is 37.1 Å². The minimum Gasteiger partial charge on any atom is -0.377 e. The Morgan fingerprint density at radius 1 is 1.19 bits per heavy atom. The molecule has 2 saturated heterocycles. The van der Waals surface area contributed by atoms with Crippen molar-refractivity contribution < 1.29 is 9.53 Å². The summed E-state index contributed by atoms with van der Waals surface area (Å²) in [6, 6.07) is 7.12. The standard InChI is InChI=1S/C16H21ClN2O2/c17-14-5-3-13(4-6-14)16(20)19-9-7-18(8-10-19)12-15-2-1-11-21-15/h3-6,15H,1-2,7-12H2. The third-order valence-electron chi connectivity index (χ3n) is 4.24. The van der Waals surface area contributed by atoms with E-state index in [1.54, 1.807) is 24.3 Å². The van der Waals surface area contributed by atoms with Gasteiger partial charge in [-0.15, -0.1) is 0 Å². The maximum absolute atomic E-state index is 12.4. The molecular weight excluding hydrogens is 288 g/mol. The molecule has 2 aliphatic heterocycles. The second-order valence-corrected chi connectivity index (χ2v) is 6.17. The van der Waals surface area contributed by atoms with Crippen LogP contribution in [-0.4, -0.2) is 61.1 Å². The molecule has 0 N–H and O–H groups in total. The highest BCUT2D eigenvalue weighted by atomic mass is 35.5. The predicted octanol–water partition coefficient (Wildman–Crippen LogP) is 2.28. The molecule has 0 spiro atoms. The van der Waals surface area contributed by atoms with Crippen molar-refractivity contribution in [3.05, 3.63) is 34.9 Å². The van der Waals surface area contributed by atoms with Gasteiger partial charge in [-0.25, -0.2) is 0 Å². The number of halogens is 1. The van der Waals surface area contributed by atoms with Crippen molar-refractivity contribution in [1.82, 2.24) is 9.80 Å². The predicted molar refractivity (Wildman–Crippen MR) is 82.8 cm³/mol. The summed E-state index contributed by atoms with van der Waals surface area (Å²) in [5, 5.41) is 0.660. The maximum Gasteiger partial charge on any atom is 0.253 e. The normalized spacial score (nSPS) is 23.5. The molecule has 21 heavy (non-hydrogen) atoms. The summed E-state index contributed by atoms with van der Waals surface area (Å²) in [4.78, 5) is 16.7. The van der Waals surface area contributed by atoms with Crippen molar-refractivity contribution >= 4 is 17.5 Å². The molecule has 1 aromatic rings. The van der Waals surface area contributed by atoms with Crippen LogP contribution in [-0.2, 0) is 4.74 Å². The summed E-state index contributed by atoms with van der Waals surface area (Å²) < 4.78 is 5.68. The van der Waals surface area contributed by atoms with Gasteiger partial charge in [0.25, 0.3) is 5.91 Å². The third kappa shape index (κ3) is 3.76. The summed E-state index contributed by atoms with van der Waals surface area (Å²) in [5.41, 5.74) is 0.715. The Kier molecular flexibility index (Phi) is 4.78. The van der Waals surface area contributed by atoms with Crippen LogP contribution in [0.1, 0.15) is 23.2 Å². The van der Waals surface area contributed by atoms with Crippen molar-refractivity contribution in [2.45, 2.75) is 18.9 Å². The number of piperazine rings is 1. The average molecular weight is 309 g/mol. The summed E-state index contributed by atoms with van der Waals surface area (Å²) >= 11 is 5.86. The summed E-state index contributed by atoms with van der Waals surface area (Å²) in [6.07, 6.45) is 2.74. The maximum atomic E-state index is 12.4. The lowest BCUT2D eigenvalue weighted by Gasteiger charge is -2.35. The van der Waals surface area contributed by atoms with Crippen LogP contribution in [0.5, 0.6) is 0 Å². The highest BCUT2D eigenvalue weighted by Gasteiger charge is 2.25. The summed E-state index contributed by atoms with van der Waals surface area (Å²) in [7, 11) is 0. The number of ether oxygens (including phenoxy) is 1. The van der Waals surface area contributed by atoms with Crippen LogP contribution in [0.25, 0.3) is 0 Å². The minimum atomic E-state index is 0.100. The van der Waals surface area contributed by atoms with E-state index < -0.39 is 0 Å². The fourth-order valence-electron chi connectivity index (χ4n) is 2.98. The first-order chi connectivity index (χ1) is 10.2. The Bertz CT molecular complexity index is 478. The second kappa shape index (κ2) is 6.77. The Morgan fingerprint density at radius 2 is 1.90 bits per heavy atom. The molecule has 2 heterocycles. The SMILES string of the molecule is O=C(c1ccc(Cl)cc1)N1CCN(CC2CCCO2)CC1. The highest BCUT2D eigenvalue weighted by Crippen LogP contribution is 2.16. The quantitative estimate of drug-likeness (QED) is 0.859. The van der Waals surface area contributed by atoms with Crippen molar-refractivity contribution in [3.8, 4) is 0 Å². The zero-order valence-electron chi connectivity index (χ0n) is 12.1. The Morgan fingerprint density at radius 3 is 2.52 bits per heavy atom. The van der Waals surface area contributed by atoms with Gasteiger partial charge in [0.2, 0.25) is 0 Å². The van der Waals surface area contributed by atoms with E-state index in [9.17, 15) is 4.79 Å². The van der Waals surface area contributed by atoms with E-state index in [0.29, 0.717) is 16.7 Å². The number of carbonyl (C=O) groups excluding carboxylic acids is 1. The highest BCUT2D eigenvalue weighted by molar-refractivity contribution is 6.30. The Labute approximate surface area is 130 Å². The van der Waals surface area contributed by atoms with Crippen LogP contribution >= 0.6 is 11.6 Å². The van der Waals surface area contributed by atoms with Gasteiger partial charge in [0.05, 0.1) is 6.10 Å². The number of rotatable bonds is 3. The monoisotopic (exact) mass is 308 g/mol. The van der Waals surface area contributed by atoms with Gasteiger partial charge in [0.15, 0.2) is 0 Å². The molecule has 2 fully saturated rings. The fraction of sp³-hybridized carbons (Fsp3) is 0.562. The number of nitrogens with zero attached hydrogens (tertiary/aromatic N) is 2. The van der Waals surface area contributed by atoms with E-state index in [4.69, 9.17) is 16.3 Å². The van der Waals surface area contributed by atoms with Gasteiger partial charge in [0, 0.05) is 49.9 Å². The smallest absolute Gasteiger partial charge is 0.253 e. The summed E-state index contributed by atoms with van der Waals surface area (Å²) in [6.45, 7) is 5.34. The molecular formula is C16H21ClN2O2. The topological polar surface area (TPSA) is 32.8 Å². The average Bonchev–Trinajstić information content (AvgIpc) is 3.01. The van der Waals surface area contributed by atoms with Gasteiger partial charge in [-0.1, -0.05) is 11.6 Å². The first-order valence-corrected chi connectivity index (χ1v) is 7.99. The number of hydrogen-bond donors (Lipinski definition) is 0. The van der Waals surface area contributed by atoms with Crippen LogP contribution in [0, 0.1) is 0 Å². The van der Waals surface area contributed by atoms with E-state index in [-0.39, 0.29) is 5.91 Å². The lowest BCUT2D eigenvalue weighted by atomic mass is 10.1. The lowest BCUT2D eigenvalue weighted by Crippen LogP contribution is -2.50. The van der Waals surface area contributed by atoms with Crippen molar-refractivity contribution in [2.75, 3.05) is 39.3 Å². The third-order valence-corrected chi connectivity index (χ3v) is 4.49. The molecule has 0 saturated carbocycles. The van der Waals surface area contributed by atoms with Gasteiger partial charge < -0.3 is 9.64 Å². The molecule has 2 aliphatic rings. The number of carbonyl (C=O) groups is 1. The van der Waals surface area contributed by atoms with Crippen LogP contribution < -0.4 is 0 Å². The van der Waals surface area contributed by atoms with Gasteiger partial charge in [-0.2, -0.15) is 0 Å². The Hall–Kier alpha value is -1.10. The molecule has 1 aromatic carbocycles. The molecule has 0 aromatic heterocycles. The van der Waals surface area contributed by atoms with Gasteiger partial charge in [-0.3, -0.25) is 9.69 Å². The second-order valence-electron chi connectivity index (χ2n) is 5.73. The van der Waals surface area contributed by atoms with E-state index in [0.717, 1.165) is 39.3 Å². The van der Waals surface area contributed by atoms with Crippen molar-refractivity contribution in [1.29, 1.82) is 0 Å².